The first-order valence-corrected chi connectivity index (χ1v) is 9.69. The van der Waals surface area contributed by atoms with Gasteiger partial charge in [-0.3, -0.25) is 9.52 Å². The maximum atomic E-state index is 13.8. The Balaban J connectivity index is 1.88. The second-order valence-electron chi connectivity index (χ2n) is 6.04. The summed E-state index contributed by atoms with van der Waals surface area (Å²) >= 11 is 0. The van der Waals surface area contributed by atoms with Crippen LogP contribution >= 0.6 is 0 Å². The third-order valence-corrected chi connectivity index (χ3v) is 5.31. The van der Waals surface area contributed by atoms with Gasteiger partial charge >= 0.3 is 0 Å². The van der Waals surface area contributed by atoms with E-state index in [4.69, 9.17) is 0 Å². The number of para-hydroxylation sites is 1. The van der Waals surface area contributed by atoms with E-state index in [0.717, 1.165) is 17.7 Å². The van der Waals surface area contributed by atoms with Gasteiger partial charge in [-0.25, -0.2) is 17.2 Å². The number of hydrogen-bond donors (Lipinski definition) is 2. The maximum Gasteiger partial charge on any atom is 0.261 e. The maximum absolute atomic E-state index is 13.8. The van der Waals surface area contributed by atoms with E-state index in [0.29, 0.717) is 6.07 Å². The molecule has 0 bridgehead atoms. The average molecular weight is 402 g/mol. The summed E-state index contributed by atoms with van der Waals surface area (Å²) in [4.78, 5) is 12.6. The summed E-state index contributed by atoms with van der Waals surface area (Å²) in [5.74, 6) is -2.46. The molecule has 0 aliphatic carbocycles. The number of sulfonamides is 1. The molecule has 0 aromatic heterocycles. The molecule has 0 heterocycles. The number of benzene rings is 3. The Hall–Kier alpha value is -3.26. The minimum Gasteiger partial charge on any atom is -0.319 e. The molecule has 0 saturated heterocycles. The second kappa shape index (κ2) is 7.77. The molecule has 3 aromatic rings. The van der Waals surface area contributed by atoms with Gasteiger partial charge in [0, 0.05) is 6.07 Å². The van der Waals surface area contributed by atoms with E-state index in [9.17, 15) is 22.0 Å². The van der Waals surface area contributed by atoms with Crippen molar-refractivity contribution in [1.29, 1.82) is 0 Å². The highest BCUT2D eigenvalue weighted by molar-refractivity contribution is 7.92. The molecule has 3 aromatic carbocycles. The van der Waals surface area contributed by atoms with Crippen molar-refractivity contribution in [1.82, 2.24) is 0 Å². The molecule has 28 heavy (non-hydrogen) atoms. The Morgan fingerprint density at radius 2 is 1.57 bits per heavy atom. The third kappa shape index (κ3) is 4.34. The molecule has 0 radical (unpaired) electrons. The van der Waals surface area contributed by atoms with Gasteiger partial charge in [-0.15, -0.1) is 0 Å². The standard InChI is InChI=1S/C20H16F2N2O3S/c1-13-6-9-15(10-7-13)28(26,27)24-18-5-3-2-4-16(18)20(25)23-19-11-8-14(21)12-17(19)22/h2-12,24H,1H3,(H,23,25). The van der Waals surface area contributed by atoms with Crippen LogP contribution in [0.15, 0.2) is 71.6 Å². The van der Waals surface area contributed by atoms with Crippen LogP contribution in [0.4, 0.5) is 20.2 Å². The van der Waals surface area contributed by atoms with Crippen LogP contribution < -0.4 is 10.0 Å². The van der Waals surface area contributed by atoms with Crippen LogP contribution in [0.1, 0.15) is 15.9 Å². The number of hydrogen-bond acceptors (Lipinski definition) is 3. The van der Waals surface area contributed by atoms with Crippen molar-refractivity contribution in [2.75, 3.05) is 10.0 Å². The number of aryl methyl sites for hydroxylation is 1. The van der Waals surface area contributed by atoms with Crippen molar-refractivity contribution in [2.45, 2.75) is 11.8 Å². The predicted octanol–water partition coefficient (Wildman–Crippen LogP) is 4.33. The van der Waals surface area contributed by atoms with E-state index in [1.54, 1.807) is 24.3 Å². The van der Waals surface area contributed by atoms with Gasteiger partial charge in [-0.1, -0.05) is 29.8 Å². The van der Waals surface area contributed by atoms with Gasteiger partial charge in [0.1, 0.15) is 11.6 Å². The largest absolute Gasteiger partial charge is 0.319 e. The molecule has 3 rings (SSSR count). The molecule has 0 spiro atoms. The SMILES string of the molecule is Cc1ccc(S(=O)(=O)Nc2ccccc2C(=O)Nc2ccc(F)cc2F)cc1. The van der Waals surface area contributed by atoms with Gasteiger partial charge in [0.2, 0.25) is 0 Å². The fourth-order valence-corrected chi connectivity index (χ4v) is 3.55. The lowest BCUT2D eigenvalue weighted by molar-refractivity contribution is 0.102. The number of rotatable bonds is 5. The van der Waals surface area contributed by atoms with Crippen LogP contribution in [-0.4, -0.2) is 14.3 Å². The first-order valence-electron chi connectivity index (χ1n) is 8.21. The third-order valence-electron chi connectivity index (χ3n) is 3.93. The van der Waals surface area contributed by atoms with E-state index in [1.165, 1.54) is 24.3 Å². The van der Waals surface area contributed by atoms with Crippen LogP contribution in [0, 0.1) is 18.6 Å². The van der Waals surface area contributed by atoms with Gasteiger partial charge < -0.3 is 5.32 Å². The molecule has 5 nitrogen and oxygen atoms in total. The molecule has 1 amide bonds. The van der Waals surface area contributed by atoms with Crippen LogP contribution in [0.3, 0.4) is 0 Å². The topological polar surface area (TPSA) is 75.3 Å². The summed E-state index contributed by atoms with van der Waals surface area (Å²) in [6, 6.07) is 14.9. The van der Waals surface area contributed by atoms with Gasteiger partial charge in [-0.05, 0) is 43.3 Å². The molecule has 8 heteroatoms. The molecule has 0 aliphatic heterocycles. The monoisotopic (exact) mass is 402 g/mol. The molecular weight excluding hydrogens is 386 g/mol. The normalized spacial score (nSPS) is 11.1. The van der Waals surface area contributed by atoms with E-state index in [2.05, 4.69) is 10.0 Å². The molecule has 2 N–H and O–H groups in total. The number of halogens is 2. The van der Waals surface area contributed by atoms with Crippen LogP contribution in [0.25, 0.3) is 0 Å². The van der Waals surface area contributed by atoms with Crippen LogP contribution in [0.2, 0.25) is 0 Å². The molecule has 0 aliphatic rings. The quantitative estimate of drug-likeness (QED) is 0.667. The average Bonchev–Trinajstić information content (AvgIpc) is 2.64. The van der Waals surface area contributed by atoms with E-state index < -0.39 is 27.6 Å². The minimum absolute atomic E-state index is 0.0121. The summed E-state index contributed by atoms with van der Waals surface area (Å²) in [5, 5.41) is 2.31. The summed E-state index contributed by atoms with van der Waals surface area (Å²) in [5.41, 5.74) is 0.702. The zero-order valence-corrected chi connectivity index (χ0v) is 15.6. The van der Waals surface area contributed by atoms with Gasteiger partial charge in [-0.2, -0.15) is 0 Å². The van der Waals surface area contributed by atoms with Crippen molar-refractivity contribution in [3.63, 3.8) is 0 Å². The fourth-order valence-electron chi connectivity index (χ4n) is 2.47. The molecular formula is C20H16F2N2O3S. The Labute approximate surface area is 161 Å². The van der Waals surface area contributed by atoms with Crippen molar-refractivity contribution < 1.29 is 22.0 Å². The Bertz CT molecular complexity index is 1130. The van der Waals surface area contributed by atoms with Gasteiger partial charge in [0.05, 0.1) is 21.8 Å². The minimum atomic E-state index is -3.93. The Morgan fingerprint density at radius 1 is 0.893 bits per heavy atom. The zero-order valence-electron chi connectivity index (χ0n) is 14.7. The summed E-state index contributed by atoms with van der Waals surface area (Å²) in [7, 11) is -3.93. The molecule has 144 valence electrons. The highest BCUT2D eigenvalue weighted by Crippen LogP contribution is 2.23. The second-order valence-corrected chi connectivity index (χ2v) is 7.72. The number of nitrogens with one attached hydrogen (secondary N) is 2. The van der Waals surface area contributed by atoms with Crippen molar-refractivity contribution >= 4 is 27.3 Å². The molecule has 0 atom stereocenters. The predicted molar refractivity (Wildman–Crippen MR) is 103 cm³/mol. The number of anilines is 2. The first-order chi connectivity index (χ1) is 13.3. The van der Waals surface area contributed by atoms with Crippen molar-refractivity contribution in [3.05, 3.63) is 89.5 Å². The van der Waals surface area contributed by atoms with Gasteiger partial charge in [0.25, 0.3) is 15.9 Å². The number of carbonyl (C=O) groups is 1. The fraction of sp³-hybridized carbons (Fsp3) is 0.0500. The lowest BCUT2D eigenvalue weighted by Gasteiger charge is -2.13. The lowest BCUT2D eigenvalue weighted by atomic mass is 10.1. The Morgan fingerprint density at radius 3 is 2.25 bits per heavy atom. The molecule has 0 saturated carbocycles. The Kier molecular flexibility index (Phi) is 5.41. The summed E-state index contributed by atoms with van der Waals surface area (Å²) in [6.45, 7) is 1.83. The smallest absolute Gasteiger partial charge is 0.261 e. The first kappa shape index (κ1) is 19.5. The van der Waals surface area contributed by atoms with E-state index in [-0.39, 0.29) is 21.8 Å². The zero-order chi connectivity index (χ0) is 20.3. The highest BCUT2D eigenvalue weighted by atomic mass is 32.2. The van der Waals surface area contributed by atoms with Crippen molar-refractivity contribution in [3.8, 4) is 0 Å². The lowest BCUT2D eigenvalue weighted by Crippen LogP contribution is -2.19. The molecule has 0 fully saturated rings. The summed E-state index contributed by atoms with van der Waals surface area (Å²) in [6.07, 6.45) is 0. The van der Waals surface area contributed by atoms with E-state index in [1.807, 2.05) is 6.92 Å². The summed E-state index contributed by atoms with van der Waals surface area (Å²) < 4.78 is 54.4. The van der Waals surface area contributed by atoms with Gasteiger partial charge in [0.15, 0.2) is 0 Å². The van der Waals surface area contributed by atoms with Crippen molar-refractivity contribution in [2.24, 2.45) is 0 Å². The number of amides is 1. The van der Waals surface area contributed by atoms with Crippen LogP contribution in [0.5, 0.6) is 0 Å². The van der Waals surface area contributed by atoms with Crippen LogP contribution in [-0.2, 0) is 10.0 Å². The molecule has 0 unspecified atom stereocenters. The number of carbonyl (C=O) groups excluding carboxylic acids is 1. The van der Waals surface area contributed by atoms with E-state index >= 15 is 0 Å². The highest BCUT2D eigenvalue weighted by Gasteiger charge is 2.19.